The first-order chi connectivity index (χ1) is 25.9. The summed E-state index contributed by atoms with van der Waals surface area (Å²) in [6.45, 7) is 14.6. The zero-order valence-corrected chi connectivity index (χ0v) is 35.9. The van der Waals surface area contributed by atoms with E-state index in [0.29, 0.717) is 38.1 Å². The van der Waals surface area contributed by atoms with Gasteiger partial charge in [0, 0.05) is 46.5 Å². The average Bonchev–Trinajstić information content (AvgIpc) is 3.63. The van der Waals surface area contributed by atoms with Crippen molar-refractivity contribution in [2.75, 3.05) is 47.2 Å². The summed E-state index contributed by atoms with van der Waals surface area (Å²) in [6.07, 6.45) is 0.784. The highest BCUT2D eigenvalue weighted by Gasteiger charge is 2.43. The van der Waals surface area contributed by atoms with Gasteiger partial charge < -0.3 is 35.0 Å². The molecule has 1 fully saturated rings. The highest BCUT2D eigenvalue weighted by atomic mass is 32.1. The van der Waals surface area contributed by atoms with E-state index >= 15 is 0 Å². The number of hydrogen-bond acceptors (Lipinski definition) is 9. The third-order valence-corrected chi connectivity index (χ3v) is 11.4. The fraction of sp³-hybridized carbons (Fsp3) is 0.732. The lowest BCUT2D eigenvalue weighted by molar-refractivity contribution is -0.148. The molecule has 55 heavy (non-hydrogen) atoms. The highest BCUT2D eigenvalue weighted by molar-refractivity contribution is 7.80. The molecule has 0 aliphatic carbocycles. The molecular formula is C41H69N5O8S. The Morgan fingerprint density at radius 2 is 1.58 bits per heavy atom. The number of carboxylic acids is 1. The van der Waals surface area contributed by atoms with Gasteiger partial charge in [0.15, 0.2) is 0 Å². The molecular weight excluding hydrogens is 723 g/mol. The van der Waals surface area contributed by atoms with Gasteiger partial charge in [-0.2, -0.15) is 12.6 Å². The summed E-state index contributed by atoms with van der Waals surface area (Å²) < 4.78 is 11.9. The largest absolute Gasteiger partial charge is 0.480 e. The molecule has 1 aliphatic heterocycles. The fourth-order valence-electron chi connectivity index (χ4n) is 7.94. The van der Waals surface area contributed by atoms with E-state index in [2.05, 4.69) is 23.3 Å². The van der Waals surface area contributed by atoms with Crippen molar-refractivity contribution < 1.29 is 38.6 Å². The maximum Gasteiger partial charge on any atom is 0.326 e. The molecule has 3 N–H and O–H groups in total. The maximum absolute atomic E-state index is 14.3. The Labute approximate surface area is 335 Å². The van der Waals surface area contributed by atoms with Crippen LogP contribution in [0.1, 0.15) is 79.7 Å². The van der Waals surface area contributed by atoms with Crippen LogP contribution in [0.3, 0.4) is 0 Å². The number of hydrogen-bond donors (Lipinski definition) is 4. The third-order valence-electron chi connectivity index (χ3n) is 11.2. The van der Waals surface area contributed by atoms with Crippen LogP contribution in [0.4, 0.5) is 0 Å². The van der Waals surface area contributed by atoms with Crippen molar-refractivity contribution in [1.29, 1.82) is 0 Å². The number of amides is 4. The molecule has 1 saturated heterocycles. The van der Waals surface area contributed by atoms with Crippen LogP contribution in [-0.4, -0.2) is 139 Å². The molecule has 1 heterocycles. The molecule has 0 aromatic heterocycles. The standard InChI is InChI=1S/C41H69N5O8S/c1-12-27(6)36(45(9)40(50)34(25(2)3)43-39(49)35(26(4)5)44(8)21-22-55)32(53-10)24-33(47)46-20-16-19-31(46)37(54-11)28(7)38(48)42-30(41(51)52)23-29-17-14-13-15-18-29/h13-15,17-18,25-28,30-32,34-37,55H,12,16,19-24H2,1-11H3,(H,42,48)(H,43,49)(H,51,52)/t27-,28+,30-,31-,32+,34-,35-,36-,37+/m0/s1. The Bertz CT molecular complexity index is 1380. The van der Waals surface area contributed by atoms with E-state index in [-0.39, 0.29) is 48.3 Å². The zero-order chi connectivity index (χ0) is 41.6. The van der Waals surface area contributed by atoms with Crippen LogP contribution < -0.4 is 10.6 Å². The maximum atomic E-state index is 14.3. The Balaban J connectivity index is 2.28. The highest BCUT2D eigenvalue weighted by Crippen LogP contribution is 2.30. The first-order valence-electron chi connectivity index (χ1n) is 19.8. The summed E-state index contributed by atoms with van der Waals surface area (Å²) in [6, 6.07) is 5.82. The Kier molecular flexibility index (Phi) is 20.2. The molecule has 312 valence electrons. The summed E-state index contributed by atoms with van der Waals surface area (Å²) in [5.74, 6) is -2.69. The van der Waals surface area contributed by atoms with Gasteiger partial charge in [-0.1, -0.05) is 85.2 Å². The van der Waals surface area contributed by atoms with E-state index in [1.165, 1.54) is 14.2 Å². The van der Waals surface area contributed by atoms with Crippen molar-refractivity contribution in [3.05, 3.63) is 35.9 Å². The number of likely N-dealkylation sites (tertiary alicyclic amines) is 1. The number of rotatable bonds is 23. The minimum Gasteiger partial charge on any atom is -0.480 e. The summed E-state index contributed by atoms with van der Waals surface area (Å²) in [7, 11) is 6.64. The normalized spacial score (nSPS) is 19.0. The van der Waals surface area contributed by atoms with Gasteiger partial charge in [0.2, 0.25) is 23.6 Å². The molecule has 1 aromatic carbocycles. The Morgan fingerprint density at radius 1 is 0.945 bits per heavy atom. The number of carbonyl (C=O) groups is 5. The topological polar surface area (TPSA) is 158 Å². The number of nitrogens with zero attached hydrogens (tertiary/aromatic N) is 3. The van der Waals surface area contributed by atoms with Crippen molar-refractivity contribution in [3.63, 3.8) is 0 Å². The van der Waals surface area contributed by atoms with Crippen LogP contribution in [-0.2, 0) is 39.9 Å². The smallest absolute Gasteiger partial charge is 0.326 e. The van der Waals surface area contributed by atoms with E-state index in [1.54, 1.807) is 23.8 Å². The second-order valence-corrected chi connectivity index (χ2v) is 16.2. The molecule has 0 radical (unpaired) electrons. The van der Waals surface area contributed by atoms with Gasteiger partial charge in [-0.15, -0.1) is 0 Å². The SMILES string of the molecule is CC[C@H](C)[C@@H]([C@@H](CC(=O)N1CCC[C@H]1[C@H](OC)[C@@H](C)C(=O)N[C@@H](Cc1ccccc1)C(=O)O)OC)N(C)C(=O)[C@@H](NC(=O)[C@H](C(C)C)N(C)CCS)C(C)C. The van der Waals surface area contributed by atoms with Gasteiger partial charge >= 0.3 is 5.97 Å². The van der Waals surface area contributed by atoms with E-state index in [4.69, 9.17) is 9.47 Å². The van der Waals surface area contributed by atoms with Gasteiger partial charge in [0.25, 0.3) is 0 Å². The number of thiol groups is 1. The molecule has 13 nitrogen and oxygen atoms in total. The molecule has 2 rings (SSSR count). The number of aliphatic carboxylic acids is 1. The number of methoxy groups -OCH3 is 2. The molecule has 4 amide bonds. The van der Waals surface area contributed by atoms with Crippen molar-refractivity contribution in [1.82, 2.24) is 25.3 Å². The number of carboxylic acid groups (broad SMARTS) is 1. The zero-order valence-electron chi connectivity index (χ0n) is 35.0. The average molecular weight is 792 g/mol. The molecule has 0 saturated carbocycles. The van der Waals surface area contributed by atoms with Crippen LogP contribution in [0.25, 0.3) is 0 Å². The predicted molar refractivity (Wildman–Crippen MR) is 218 cm³/mol. The molecule has 1 aliphatic rings. The van der Waals surface area contributed by atoms with E-state index in [0.717, 1.165) is 5.56 Å². The fourth-order valence-corrected chi connectivity index (χ4v) is 8.25. The summed E-state index contributed by atoms with van der Waals surface area (Å²) in [5, 5.41) is 15.6. The first kappa shape index (κ1) is 48.0. The van der Waals surface area contributed by atoms with E-state index in [1.807, 2.05) is 83.8 Å². The first-order valence-corrected chi connectivity index (χ1v) is 20.4. The van der Waals surface area contributed by atoms with Gasteiger partial charge in [-0.25, -0.2) is 4.79 Å². The molecule has 1 aromatic rings. The Hall–Kier alpha value is -3.20. The minimum absolute atomic E-state index is 0.00746. The molecule has 0 bridgehead atoms. The lowest BCUT2D eigenvalue weighted by Gasteiger charge is -2.41. The summed E-state index contributed by atoms with van der Waals surface area (Å²) >= 11 is 4.34. The van der Waals surface area contributed by atoms with Crippen LogP contribution >= 0.6 is 12.6 Å². The monoisotopic (exact) mass is 791 g/mol. The van der Waals surface area contributed by atoms with Gasteiger partial charge in [0.1, 0.15) is 12.1 Å². The van der Waals surface area contributed by atoms with Crippen LogP contribution in [0, 0.1) is 23.7 Å². The van der Waals surface area contributed by atoms with E-state index in [9.17, 15) is 29.1 Å². The van der Waals surface area contributed by atoms with Gasteiger partial charge in [-0.3, -0.25) is 24.1 Å². The summed E-state index contributed by atoms with van der Waals surface area (Å²) in [4.78, 5) is 73.1. The van der Waals surface area contributed by atoms with Crippen LogP contribution in [0.2, 0.25) is 0 Å². The van der Waals surface area contributed by atoms with Crippen LogP contribution in [0.5, 0.6) is 0 Å². The molecule has 9 atom stereocenters. The number of likely N-dealkylation sites (N-methyl/N-ethyl adjacent to an activating group) is 2. The van der Waals surface area contributed by atoms with E-state index < -0.39 is 60.2 Å². The number of benzene rings is 1. The Morgan fingerprint density at radius 3 is 2.09 bits per heavy atom. The molecule has 14 heteroatoms. The lowest BCUT2D eigenvalue weighted by atomic mass is 9.89. The lowest BCUT2D eigenvalue weighted by Crippen LogP contribution is -2.60. The number of nitrogens with one attached hydrogen (secondary N) is 2. The second kappa shape index (κ2) is 23.1. The molecule has 0 unspecified atom stereocenters. The molecule has 0 spiro atoms. The van der Waals surface area contributed by atoms with Crippen molar-refractivity contribution in [3.8, 4) is 0 Å². The third kappa shape index (κ3) is 13.2. The van der Waals surface area contributed by atoms with Crippen molar-refractivity contribution in [2.45, 2.75) is 123 Å². The summed E-state index contributed by atoms with van der Waals surface area (Å²) in [5.41, 5.74) is 0.784. The number of carbonyl (C=O) groups excluding carboxylic acids is 4. The van der Waals surface area contributed by atoms with Gasteiger partial charge in [-0.05, 0) is 43.2 Å². The number of ether oxygens (including phenoxy) is 2. The van der Waals surface area contributed by atoms with Crippen molar-refractivity contribution in [2.24, 2.45) is 23.7 Å². The van der Waals surface area contributed by atoms with Crippen LogP contribution in [0.15, 0.2) is 30.3 Å². The quantitative estimate of drug-likeness (QED) is 0.121. The second-order valence-electron chi connectivity index (χ2n) is 15.8. The predicted octanol–water partition coefficient (Wildman–Crippen LogP) is 3.75. The van der Waals surface area contributed by atoms with Crippen molar-refractivity contribution >= 4 is 42.2 Å². The minimum atomic E-state index is -1.14. The van der Waals surface area contributed by atoms with Gasteiger partial charge in [0.05, 0.1) is 42.7 Å².